The Morgan fingerprint density at radius 3 is 2.33 bits per heavy atom. The van der Waals surface area contributed by atoms with Crippen LogP contribution in [0.2, 0.25) is 0 Å². The van der Waals surface area contributed by atoms with Crippen LogP contribution in [0.15, 0.2) is 72.8 Å². The molecule has 1 aliphatic rings. The lowest BCUT2D eigenvalue weighted by atomic mass is 9.71. The first-order valence-electron chi connectivity index (χ1n) is 7.54. The molecule has 3 aromatic carbocycles. The monoisotopic (exact) mass is 269 g/mol. The van der Waals surface area contributed by atoms with Crippen LogP contribution < -0.4 is 0 Å². The first-order chi connectivity index (χ1) is 10.4. The molecule has 1 radical (unpaired) electrons. The topological polar surface area (TPSA) is 0 Å². The molecular weight excluding hydrogens is 252 g/mol. The van der Waals surface area contributed by atoms with E-state index in [9.17, 15) is 0 Å². The number of rotatable bonds is 2. The second kappa shape index (κ2) is 4.60. The number of hydrogen-bond acceptors (Lipinski definition) is 0. The normalized spacial score (nSPS) is 14.5. The van der Waals surface area contributed by atoms with Crippen molar-refractivity contribution in [3.05, 3.63) is 95.6 Å². The smallest absolute Gasteiger partial charge is 0.0461 e. The van der Waals surface area contributed by atoms with Crippen molar-refractivity contribution in [2.24, 2.45) is 0 Å². The van der Waals surface area contributed by atoms with Gasteiger partial charge in [-0.3, -0.25) is 0 Å². The fourth-order valence-electron chi connectivity index (χ4n) is 3.87. The third-order valence-electron chi connectivity index (χ3n) is 4.80. The first-order valence-corrected chi connectivity index (χ1v) is 7.54. The summed E-state index contributed by atoms with van der Waals surface area (Å²) in [6, 6.07) is 29.4. The van der Waals surface area contributed by atoms with Crippen LogP contribution in [-0.2, 0) is 5.41 Å². The third kappa shape index (κ3) is 1.56. The van der Waals surface area contributed by atoms with E-state index in [2.05, 4.69) is 79.7 Å². The Kier molecular flexibility index (Phi) is 2.71. The molecule has 0 heteroatoms. The van der Waals surface area contributed by atoms with E-state index in [1.165, 1.54) is 27.8 Å². The van der Waals surface area contributed by atoms with Gasteiger partial charge in [-0.2, -0.15) is 0 Å². The molecule has 0 saturated carbocycles. The van der Waals surface area contributed by atoms with Crippen molar-refractivity contribution in [2.45, 2.75) is 18.8 Å². The highest BCUT2D eigenvalue weighted by Crippen LogP contribution is 2.53. The molecule has 0 spiro atoms. The highest BCUT2D eigenvalue weighted by molar-refractivity contribution is 5.83. The minimum absolute atomic E-state index is 0.0368. The van der Waals surface area contributed by atoms with Crippen molar-refractivity contribution in [3.8, 4) is 11.1 Å². The van der Waals surface area contributed by atoms with E-state index in [1.807, 2.05) is 6.07 Å². The van der Waals surface area contributed by atoms with Crippen molar-refractivity contribution in [1.82, 2.24) is 0 Å². The van der Waals surface area contributed by atoms with Crippen LogP contribution in [0.4, 0.5) is 0 Å². The van der Waals surface area contributed by atoms with Crippen molar-refractivity contribution in [1.29, 1.82) is 0 Å². The van der Waals surface area contributed by atoms with Crippen LogP contribution in [-0.4, -0.2) is 0 Å². The van der Waals surface area contributed by atoms with Crippen LogP contribution in [0.1, 0.15) is 30.0 Å². The number of fused-ring (bicyclic) bond motifs is 3. The number of hydrogen-bond donors (Lipinski definition) is 0. The molecule has 1 aliphatic carbocycles. The Morgan fingerprint density at radius 1 is 0.810 bits per heavy atom. The maximum absolute atomic E-state index is 3.29. The summed E-state index contributed by atoms with van der Waals surface area (Å²) in [6.45, 7) is 2.28. The average molecular weight is 269 g/mol. The van der Waals surface area contributed by atoms with E-state index in [0.29, 0.717) is 0 Å². The average Bonchev–Trinajstić information content (AvgIpc) is 2.87. The van der Waals surface area contributed by atoms with Gasteiger partial charge in [0, 0.05) is 5.41 Å². The summed E-state index contributed by atoms with van der Waals surface area (Å²) >= 11 is 0. The summed E-state index contributed by atoms with van der Waals surface area (Å²) in [7, 11) is 0. The zero-order valence-corrected chi connectivity index (χ0v) is 12.1. The first kappa shape index (κ1) is 12.4. The van der Waals surface area contributed by atoms with Gasteiger partial charge in [-0.05, 0) is 46.4 Å². The second-order valence-electron chi connectivity index (χ2n) is 5.64. The summed E-state index contributed by atoms with van der Waals surface area (Å²) in [4.78, 5) is 0. The zero-order valence-electron chi connectivity index (χ0n) is 12.1. The minimum Gasteiger partial charge on any atom is -0.0639 e. The van der Waals surface area contributed by atoms with Gasteiger partial charge in [0.1, 0.15) is 0 Å². The molecule has 0 nitrogen and oxygen atoms in total. The van der Waals surface area contributed by atoms with Gasteiger partial charge in [0.05, 0.1) is 0 Å². The Balaban J connectivity index is 2.12. The molecule has 0 aromatic heterocycles. The molecule has 1 atom stereocenters. The Morgan fingerprint density at radius 2 is 1.52 bits per heavy atom. The van der Waals surface area contributed by atoms with Crippen LogP contribution >= 0.6 is 0 Å². The van der Waals surface area contributed by atoms with Crippen LogP contribution in [0.3, 0.4) is 0 Å². The van der Waals surface area contributed by atoms with Crippen LogP contribution in [0.25, 0.3) is 11.1 Å². The summed E-state index contributed by atoms with van der Waals surface area (Å²) in [6.07, 6.45) is 1.05. The molecule has 21 heavy (non-hydrogen) atoms. The van der Waals surface area contributed by atoms with Crippen molar-refractivity contribution in [2.75, 3.05) is 0 Å². The van der Waals surface area contributed by atoms with E-state index >= 15 is 0 Å². The summed E-state index contributed by atoms with van der Waals surface area (Å²) in [5, 5.41) is 0. The molecule has 0 saturated heterocycles. The third-order valence-corrected chi connectivity index (χ3v) is 4.80. The van der Waals surface area contributed by atoms with Gasteiger partial charge in [0.2, 0.25) is 0 Å². The predicted octanol–water partition coefficient (Wildman–Crippen LogP) is 5.21. The molecule has 0 heterocycles. The standard InChI is InChI=1S/C21H17/c1-2-21(16-10-4-3-5-11-16)19-14-8-6-12-17(19)18-13-7-9-15-20(18)21/h3-8,10-15H,2H2,1H3. The molecule has 0 amide bonds. The van der Waals surface area contributed by atoms with Gasteiger partial charge in [-0.1, -0.05) is 73.7 Å². The van der Waals surface area contributed by atoms with E-state index < -0.39 is 0 Å². The molecule has 4 rings (SSSR count). The lowest BCUT2D eigenvalue weighted by molar-refractivity contribution is 0.609. The van der Waals surface area contributed by atoms with E-state index in [1.54, 1.807) is 0 Å². The number of benzene rings is 3. The fourth-order valence-corrected chi connectivity index (χ4v) is 3.87. The molecule has 0 fully saturated rings. The van der Waals surface area contributed by atoms with E-state index in [-0.39, 0.29) is 5.41 Å². The van der Waals surface area contributed by atoms with Gasteiger partial charge in [0.15, 0.2) is 0 Å². The minimum atomic E-state index is -0.0368. The van der Waals surface area contributed by atoms with Gasteiger partial charge in [-0.15, -0.1) is 0 Å². The van der Waals surface area contributed by atoms with Gasteiger partial charge in [-0.25, -0.2) is 0 Å². The highest BCUT2D eigenvalue weighted by Gasteiger charge is 2.42. The summed E-state index contributed by atoms with van der Waals surface area (Å²) in [5.74, 6) is 0. The van der Waals surface area contributed by atoms with Crippen molar-refractivity contribution < 1.29 is 0 Å². The lowest BCUT2D eigenvalue weighted by Gasteiger charge is -2.31. The SMILES string of the molecule is CCC1(c2ccccc2)c2c[c]ccc2-c2ccccc21. The van der Waals surface area contributed by atoms with Crippen LogP contribution in [0, 0.1) is 6.07 Å². The van der Waals surface area contributed by atoms with E-state index in [0.717, 1.165) is 6.42 Å². The van der Waals surface area contributed by atoms with Crippen molar-refractivity contribution >= 4 is 0 Å². The maximum atomic E-state index is 3.29. The van der Waals surface area contributed by atoms with Gasteiger partial charge >= 0.3 is 0 Å². The zero-order chi connectivity index (χ0) is 14.3. The molecule has 0 bridgehead atoms. The maximum Gasteiger partial charge on any atom is 0.0461 e. The van der Waals surface area contributed by atoms with E-state index in [4.69, 9.17) is 0 Å². The fraction of sp³-hybridized carbons (Fsp3) is 0.143. The molecule has 1 unspecified atom stereocenters. The van der Waals surface area contributed by atoms with Crippen LogP contribution in [0.5, 0.6) is 0 Å². The Bertz CT molecular complexity index is 738. The molecule has 0 N–H and O–H groups in total. The van der Waals surface area contributed by atoms with Gasteiger partial charge < -0.3 is 0 Å². The highest BCUT2D eigenvalue weighted by atomic mass is 14.4. The molecular formula is C21H17. The largest absolute Gasteiger partial charge is 0.0639 e. The second-order valence-corrected chi connectivity index (χ2v) is 5.64. The molecule has 0 aliphatic heterocycles. The summed E-state index contributed by atoms with van der Waals surface area (Å²) < 4.78 is 0. The molecule has 101 valence electrons. The Labute approximate surface area is 126 Å². The summed E-state index contributed by atoms with van der Waals surface area (Å²) in [5.41, 5.74) is 6.87. The lowest BCUT2D eigenvalue weighted by Crippen LogP contribution is -2.25. The molecule has 3 aromatic rings. The van der Waals surface area contributed by atoms with Crippen molar-refractivity contribution in [3.63, 3.8) is 0 Å². The van der Waals surface area contributed by atoms with Gasteiger partial charge in [0.25, 0.3) is 0 Å². The predicted molar refractivity (Wildman–Crippen MR) is 87.3 cm³/mol. The Hall–Kier alpha value is -2.34. The quantitative estimate of drug-likeness (QED) is 0.599.